The molecule has 1 atom stereocenters. The molecule has 0 aliphatic carbocycles. The van der Waals surface area contributed by atoms with Gasteiger partial charge in [0.1, 0.15) is 11.6 Å². The summed E-state index contributed by atoms with van der Waals surface area (Å²) in [7, 11) is 0. The van der Waals surface area contributed by atoms with Gasteiger partial charge in [0.2, 0.25) is 0 Å². The number of hydrogen-bond acceptors (Lipinski definition) is 3. The molecular formula is C14H23Cl2N3. The second kappa shape index (κ2) is 8.49. The molecule has 0 fully saturated rings. The average molecular weight is 304 g/mol. The van der Waals surface area contributed by atoms with Gasteiger partial charge in [-0.3, -0.25) is 0 Å². The summed E-state index contributed by atoms with van der Waals surface area (Å²) < 4.78 is 0. The van der Waals surface area contributed by atoms with Crippen LogP contribution in [0.5, 0.6) is 0 Å². The molecule has 0 amide bonds. The normalized spacial score (nSPS) is 12.3. The van der Waals surface area contributed by atoms with Crippen LogP contribution in [0.4, 0.5) is 11.6 Å². The van der Waals surface area contributed by atoms with Gasteiger partial charge in [-0.15, -0.1) is 0 Å². The lowest BCUT2D eigenvalue weighted by Crippen LogP contribution is -2.19. The van der Waals surface area contributed by atoms with E-state index in [0.29, 0.717) is 27.7 Å². The molecule has 1 unspecified atom stereocenters. The highest BCUT2D eigenvalue weighted by molar-refractivity contribution is 6.37. The minimum atomic E-state index is 0.398. The molecule has 0 aromatic carbocycles. The number of pyridine rings is 1. The highest BCUT2D eigenvalue weighted by atomic mass is 35.5. The van der Waals surface area contributed by atoms with Crippen LogP contribution >= 0.6 is 23.2 Å². The van der Waals surface area contributed by atoms with Gasteiger partial charge in [0.15, 0.2) is 0 Å². The molecular weight excluding hydrogens is 281 g/mol. The highest BCUT2D eigenvalue weighted by Crippen LogP contribution is 2.30. The molecule has 0 spiro atoms. The highest BCUT2D eigenvalue weighted by Gasteiger charge is 2.12. The summed E-state index contributed by atoms with van der Waals surface area (Å²) in [6.07, 6.45) is 4.32. The van der Waals surface area contributed by atoms with Crippen LogP contribution in [-0.2, 0) is 0 Å². The third kappa shape index (κ3) is 5.07. The molecule has 5 heteroatoms. The average Bonchev–Trinajstić information content (AvgIpc) is 2.39. The quantitative estimate of drug-likeness (QED) is 0.693. The van der Waals surface area contributed by atoms with Crippen molar-refractivity contribution in [2.24, 2.45) is 0 Å². The third-order valence-electron chi connectivity index (χ3n) is 2.94. The number of nitrogens with zero attached hydrogens (tertiary/aromatic N) is 1. The van der Waals surface area contributed by atoms with Gasteiger partial charge < -0.3 is 10.6 Å². The first kappa shape index (κ1) is 16.4. The Morgan fingerprint density at radius 1 is 1.11 bits per heavy atom. The lowest BCUT2D eigenvalue weighted by Gasteiger charge is -2.19. The Balaban J connectivity index is 2.86. The zero-order chi connectivity index (χ0) is 14.3. The Bertz CT molecular complexity index is 397. The fourth-order valence-corrected chi connectivity index (χ4v) is 2.34. The molecule has 108 valence electrons. The Morgan fingerprint density at radius 2 is 1.79 bits per heavy atom. The summed E-state index contributed by atoms with van der Waals surface area (Å²) in [6, 6.07) is 2.14. The molecule has 3 nitrogen and oxygen atoms in total. The lowest BCUT2D eigenvalue weighted by atomic mass is 10.1. The van der Waals surface area contributed by atoms with E-state index in [1.165, 1.54) is 0 Å². The topological polar surface area (TPSA) is 37.0 Å². The van der Waals surface area contributed by atoms with Crippen molar-refractivity contribution in [3.63, 3.8) is 0 Å². The predicted molar refractivity (Wildman–Crippen MR) is 85.6 cm³/mol. The zero-order valence-electron chi connectivity index (χ0n) is 11.9. The fourth-order valence-electron chi connectivity index (χ4n) is 1.86. The summed E-state index contributed by atoms with van der Waals surface area (Å²) >= 11 is 12.3. The van der Waals surface area contributed by atoms with Crippen molar-refractivity contribution in [3.05, 3.63) is 16.1 Å². The van der Waals surface area contributed by atoms with E-state index >= 15 is 0 Å². The minimum Gasteiger partial charge on any atom is -0.369 e. The summed E-state index contributed by atoms with van der Waals surface area (Å²) in [6.45, 7) is 7.28. The van der Waals surface area contributed by atoms with Crippen LogP contribution in [0.25, 0.3) is 0 Å². The molecule has 0 saturated carbocycles. The van der Waals surface area contributed by atoms with Crippen molar-refractivity contribution >= 4 is 34.8 Å². The Hall–Kier alpha value is -0.670. The van der Waals surface area contributed by atoms with Crippen LogP contribution < -0.4 is 10.6 Å². The molecule has 1 rings (SSSR count). The monoisotopic (exact) mass is 303 g/mol. The largest absolute Gasteiger partial charge is 0.369 e. The summed E-state index contributed by atoms with van der Waals surface area (Å²) in [5.74, 6) is 1.41. The number of rotatable bonds is 8. The summed E-state index contributed by atoms with van der Waals surface area (Å²) in [5.41, 5.74) is 0. The number of anilines is 2. The molecule has 0 aliphatic heterocycles. The first-order chi connectivity index (χ1) is 9.12. The van der Waals surface area contributed by atoms with E-state index < -0.39 is 0 Å². The summed E-state index contributed by atoms with van der Waals surface area (Å²) in [5, 5.41) is 7.75. The van der Waals surface area contributed by atoms with Crippen LogP contribution in [0.1, 0.15) is 46.5 Å². The molecule has 1 heterocycles. The second-order valence-corrected chi connectivity index (χ2v) is 5.43. The standard InChI is InChI=1S/C14H23Cl2N3/c1-4-7-10(6-3)18-14-12(16)9-11(15)13(19-14)17-8-5-2/h9-10H,4-8H2,1-3H3,(H2,17,18,19). The van der Waals surface area contributed by atoms with Crippen LogP contribution in [0.3, 0.4) is 0 Å². The SMILES string of the molecule is CCCNc1nc(NC(CC)CCC)c(Cl)cc1Cl. The van der Waals surface area contributed by atoms with Gasteiger partial charge in [0.25, 0.3) is 0 Å². The van der Waals surface area contributed by atoms with Crippen LogP contribution in [0.2, 0.25) is 10.0 Å². The molecule has 0 saturated heterocycles. The molecule has 0 radical (unpaired) electrons. The van der Waals surface area contributed by atoms with Crippen LogP contribution in [0, 0.1) is 0 Å². The maximum absolute atomic E-state index is 6.20. The van der Waals surface area contributed by atoms with Gasteiger partial charge in [0, 0.05) is 12.6 Å². The van der Waals surface area contributed by atoms with Crippen molar-refractivity contribution in [3.8, 4) is 0 Å². The predicted octanol–water partition coefficient (Wildman–Crippen LogP) is 5.20. The molecule has 0 aliphatic rings. The second-order valence-electron chi connectivity index (χ2n) is 4.61. The smallest absolute Gasteiger partial charge is 0.147 e. The number of hydrogen-bond donors (Lipinski definition) is 2. The van der Waals surface area contributed by atoms with E-state index in [-0.39, 0.29) is 0 Å². The van der Waals surface area contributed by atoms with Crippen molar-refractivity contribution in [2.45, 2.75) is 52.5 Å². The molecule has 19 heavy (non-hydrogen) atoms. The first-order valence-electron chi connectivity index (χ1n) is 6.98. The van der Waals surface area contributed by atoms with Crippen molar-refractivity contribution in [1.82, 2.24) is 4.98 Å². The van der Waals surface area contributed by atoms with Gasteiger partial charge in [-0.25, -0.2) is 4.98 Å². The Morgan fingerprint density at radius 3 is 2.37 bits per heavy atom. The van der Waals surface area contributed by atoms with Gasteiger partial charge >= 0.3 is 0 Å². The molecule has 0 bridgehead atoms. The van der Waals surface area contributed by atoms with Crippen molar-refractivity contribution in [1.29, 1.82) is 0 Å². The molecule has 2 N–H and O–H groups in total. The van der Waals surface area contributed by atoms with Crippen molar-refractivity contribution in [2.75, 3.05) is 17.2 Å². The van der Waals surface area contributed by atoms with Gasteiger partial charge in [-0.05, 0) is 25.3 Å². The zero-order valence-corrected chi connectivity index (χ0v) is 13.4. The maximum atomic E-state index is 6.20. The molecule has 1 aromatic rings. The summed E-state index contributed by atoms with van der Waals surface area (Å²) in [4.78, 5) is 4.49. The Kier molecular flexibility index (Phi) is 7.32. The van der Waals surface area contributed by atoms with E-state index in [1.54, 1.807) is 6.07 Å². The van der Waals surface area contributed by atoms with Gasteiger partial charge in [-0.1, -0.05) is 50.4 Å². The van der Waals surface area contributed by atoms with Gasteiger partial charge in [-0.2, -0.15) is 0 Å². The van der Waals surface area contributed by atoms with E-state index in [9.17, 15) is 0 Å². The Labute approximate surface area is 126 Å². The van der Waals surface area contributed by atoms with Gasteiger partial charge in [0.05, 0.1) is 10.0 Å². The minimum absolute atomic E-state index is 0.398. The first-order valence-corrected chi connectivity index (χ1v) is 7.74. The van der Waals surface area contributed by atoms with E-state index in [1.807, 2.05) is 0 Å². The fraction of sp³-hybridized carbons (Fsp3) is 0.643. The lowest BCUT2D eigenvalue weighted by molar-refractivity contribution is 0.620. The van der Waals surface area contributed by atoms with E-state index in [2.05, 4.69) is 36.4 Å². The maximum Gasteiger partial charge on any atom is 0.147 e. The number of aromatic nitrogens is 1. The van der Waals surface area contributed by atoms with Crippen LogP contribution in [0.15, 0.2) is 6.07 Å². The number of nitrogens with one attached hydrogen (secondary N) is 2. The third-order valence-corrected chi connectivity index (χ3v) is 3.52. The van der Waals surface area contributed by atoms with Crippen molar-refractivity contribution < 1.29 is 0 Å². The van der Waals surface area contributed by atoms with E-state index in [4.69, 9.17) is 23.2 Å². The molecule has 1 aromatic heterocycles. The number of halogens is 2. The van der Waals surface area contributed by atoms with E-state index in [0.717, 1.165) is 32.2 Å². The van der Waals surface area contributed by atoms with Crippen LogP contribution in [-0.4, -0.2) is 17.6 Å².